The summed E-state index contributed by atoms with van der Waals surface area (Å²) in [5.74, 6) is 1.10. The van der Waals surface area contributed by atoms with E-state index in [1.807, 2.05) is 29.2 Å². The Morgan fingerprint density at radius 1 is 1.33 bits per heavy atom. The molecule has 0 aromatic heterocycles. The summed E-state index contributed by atoms with van der Waals surface area (Å²) in [6.45, 7) is 5.65. The van der Waals surface area contributed by atoms with Crippen molar-refractivity contribution in [3.63, 3.8) is 0 Å². The fourth-order valence-electron chi connectivity index (χ4n) is 2.35. The van der Waals surface area contributed by atoms with Crippen molar-refractivity contribution >= 4 is 5.91 Å². The van der Waals surface area contributed by atoms with Crippen LogP contribution in [0, 0.1) is 0 Å². The number of nitrogens with zero attached hydrogens (tertiary/aromatic N) is 1. The van der Waals surface area contributed by atoms with E-state index in [2.05, 4.69) is 19.2 Å². The van der Waals surface area contributed by atoms with Crippen molar-refractivity contribution in [1.82, 2.24) is 10.2 Å². The average Bonchev–Trinajstić information content (AvgIpc) is 3.29. The number of hydrogen-bond donors (Lipinski definition) is 1. The van der Waals surface area contributed by atoms with Gasteiger partial charge < -0.3 is 15.0 Å². The van der Waals surface area contributed by atoms with Crippen LogP contribution in [0.4, 0.5) is 0 Å². The lowest BCUT2D eigenvalue weighted by Crippen LogP contribution is -2.35. The van der Waals surface area contributed by atoms with Crippen LogP contribution in [0.1, 0.15) is 38.7 Å². The molecule has 0 saturated heterocycles. The smallest absolute Gasteiger partial charge is 0.224 e. The zero-order valence-electron chi connectivity index (χ0n) is 13.3. The molecule has 0 bridgehead atoms. The Kier molecular flexibility index (Phi) is 5.62. The third-order valence-corrected chi connectivity index (χ3v) is 3.71. The monoisotopic (exact) mass is 290 g/mol. The maximum atomic E-state index is 12.4. The summed E-state index contributed by atoms with van der Waals surface area (Å²) in [5.41, 5.74) is 1.16. The molecule has 1 aliphatic carbocycles. The number of carbonyl (C=O) groups is 1. The van der Waals surface area contributed by atoms with E-state index in [1.165, 1.54) is 0 Å². The van der Waals surface area contributed by atoms with Gasteiger partial charge in [0.15, 0.2) is 0 Å². The maximum Gasteiger partial charge on any atom is 0.224 e. The lowest BCUT2D eigenvalue weighted by Gasteiger charge is -2.23. The van der Waals surface area contributed by atoms with Crippen LogP contribution in [0.15, 0.2) is 24.3 Å². The molecular formula is C17H26N2O2. The minimum Gasteiger partial charge on any atom is -0.497 e. The number of benzene rings is 1. The van der Waals surface area contributed by atoms with E-state index < -0.39 is 0 Å². The first-order chi connectivity index (χ1) is 10.1. The van der Waals surface area contributed by atoms with Crippen molar-refractivity contribution in [2.24, 2.45) is 0 Å². The Balaban J connectivity index is 1.90. The molecule has 1 aromatic carbocycles. The van der Waals surface area contributed by atoms with Gasteiger partial charge in [-0.25, -0.2) is 0 Å². The zero-order chi connectivity index (χ0) is 15.2. The molecule has 116 valence electrons. The minimum absolute atomic E-state index is 0.251. The predicted molar refractivity (Wildman–Crippen MR) is 84.3 cm³/mol. The molecule has 1 saturated carbocycles. The maximum absolute atomic E-state index is 12.4. The van der Waals surface area contributed by atoms with Gasteiger partial charge in [0.25, 0.3) is 0 Å². The average molecular weight is 290 g/mol. The second-order valence-electron chi connectivity index (χ2n) is 5.96. The Morgan fingerprint density at radius 3 is 2.52 bits per heavy atom. The fourth-order valence-corrected chi connectivity index (χ4v) is 2.35. The first kappa shape index (κ1) is 15.8. The van der Waals surface area contributed by atoms with Gasteiger partial charge in [0, 0.05) is 31.6 Å². The van der Waals surface area contributed by atoms with Crippen LogP contribution < -0.4 is 10.1 Å². The number of carbonyl (C=O) groups excluding carboxylic acids is 1. The summed E-state index contributed by atoms with van der Waals surface area (Å²) >= 11 is 0. The molecule has 0 unspecified atom stereocenters. The standard InChI is InChI=1S/C17H26N2O2/c1-13(2)18-11-10-17(20)19(15-6-7-15)12-14-4-8-16(21-3)9-5-14/h4-5,8-9,13,15,18H,6-7,10-12H2,1-3H3. The summed E-state index contributed by atoms with van der Waals surface area (Å²) < 4.78 is 5.17. The van der Waals surface area contributed by atoms with Crippen LogP contribution in [-0.4, -0.2) is 36.5 Å². The second kappa shape index (κ2) is 7.46. The molecule has 1 fully saturated rings. The predicted octanol–water partition coefficient (Wildman–Crippen LogP) is 2.57. The van der Waals surface area contributed by atoms with Gasteiger partial charge in [0.2, 0.25) is 5.91 Å². The molecule has 21 heavy (non-hydrogen) atoms. The molecule has 1 aliphatic rings. The van der Waals surface area contributed by atoms with Crippen LogP contribution in [0.3, 0.4) is 0 Å². The van der Waals surface area contributed by atoms with Gasteiger partial charge >= 0.3 is 0 Å². The van der Waals surface area contributed by atoms with E-state index in [-0.39, 0.29) is 5.91 Å². The van der Waals surface area contributed by atoms with Gasteiger partial charge in [-0.05, 0) is 30.5 Å². The van der Waals surface area contributed by atoms with Crippen molar-refractivity contribution in [2.45, 2.75) is 51.7 Å². The molecular weight excluding hydrogens is 264 g/mol. The quantitative estimate of drug-likeness (QED) is 0.800. The van der Waals surface area contributed by atoms with Gasteiger partial charge in [0.1, 0.15) is 5.75 Å². The third-order valence-electron chi connectivity index (χ3n) is 3.71. The highest BCUT2D eigenvalue weighted by Crippen LogP contribution is 2.29. The third kappa shape index (κ3) is 5.05. The first-order valence-corrected chi connectivity index (χ1v) is 7.76. The summed E-state index contributed by atoms with van der Waals surface area (Å²) in [7, 11) is 1.66. The van der Waals surface area contributed by atoms with Gasteiger partial charge in [-0.15, -0.1) is 0 Å². The molecule has 2 rings (SSSR count). The zero-order valence-corrected chi connectivity index (χ0v) is 13.3. The molecule has 1 aromatic rings. The lowest BCUT2D eigenvalue weighted by atomic mass is 10.2. The van der Waals surface area contributed by atoms with Gasteiger partial charge in [-0.3, -0.25) is 4.79 Å². The number of nitrogens with one attached hydrogen (secondary N) is 1. The number of ether oxygens (including phenoxy) is 1. The number of amides is 1. The van der Waals surface area contributed by atoms with Gasteiger partial charge in [-0.1, -0.05) is 26.0 Å². The molecule has 0 heterocycles. The Hall–Kier alpha value is -1.55. The van der Waals surface area contributed by atoms with Crippen LogP contribution in [-0.2, 0) is 11.3 Å². The SMILES string of the molecule is COc1ccc(CN(C(=O)CCNC(C)C)C2CC2)cc1. The Bertz CT molecular complexity index is 452. The summed E-state index contributed by atoms with van der Waals surface area (Å²) in [5, 5.41) is 3.31. The molecule has 0 aliphatic heterocycles. The molecule has 0 atom stereocenters. The van der Waals surface area contributed by atoms with Gasteiger partial charge in [0.05, 0.1) is 7.11 Å². The van der Waals surface area contributed by atoms with Crippen LogP contribution in [0.5, 0.6) is 5.75 Å². The summed E-state index contributed by atoms with van der Waals surface area (Å²) in [4.78, 5) is 14.4. The first-order valence-electron chi connectivity index (χ1n) is 7.76. The van der Waals surface area contributed by atoms with Crippen molar-refractivity contribution in [1.29, 1.82) is 0 Å². The van der Waals surface area contributed by atoms with Crippen molar-refractivity contribution < 1.29 is 9.53 Å². The van der Waals surface area contributed by atoms with Crippen molar-refractivity contribution in [3.8, 4) is 5.75 Å². The molecule has 4 nitrogen and oxygen atoms in total. The number of hydrogen-bond acceptors (Lipinski definition) is 3. The van der Waals surface area contributed by atoms with Crippen molar-refractivity contribution in [3.05, 3.63) is 29.8 Å². The Morgan fingerprint density at radius 2 is 2.00 bits per heavy atom. The van der Waals surface area contributed by atoms with E-state index in [1.54, 1.807) is 7.11 Å². The van der Waals surface area contributed by atoms with Gasteiger partial charge in [-0.2, -0.15) is 0 Å². The summed E-state index contributed by atoms with van der Waals surface area (Å²) in [6, 6.07) is 8.84. The van der Waals surface area contributed by atoms with E-state index in [0.717, 1.165) is 30.7 Å². The van der Waals surface area contributed by atoms with Crippen LogP contribution in [0.2, 0.25) is 0 Å². The topological polar surface area (TPSA) is 41.6 Å². The fraction of sp³-hybridized carbons (Fsp3) is 0.588. The normalized spacial score (nSPS) is 14.3. The highest BCUT2D eigenvalue weighted by molar-refractivity contribution is 5.77. The highest BCUT2D eigenvalue weighted by atomic mass is 16.5. The van der Waals surface area contributed by atoms with E-state index in [9.17, 15) is 4.79 Å². The molecule has 0 spiro atoms. The summed E-state index contributed by atoms with van der Waals surface area (Å²) in [6.07, 6.45) is 2.85. The van der Waals surface area contributed by atoms with E-state index >= 15 is 0 Å². The molecule has 0 radical (unpaired) electrons. The molecule has 1 amide bonds. The minimum atomic E-state index is 0.251. The van der Waals surface area contributed by atoms with Crippen LogP contribution >= 0.6 is 0 Å². The van der Waals surface area contributed by atoms with Crippen molar-refractivity contribution in [2.75, 3.05) is 13.7 Å². The molecule has 1 N–H and O–H groups in total. The van der Waals surface area contributed by atoms with E-state index in [0.29, 0.717) is 25.0 Å². The molecule has 4 heteroatoms. The number of rotatable bonds is 8. The number of methoxy groups -OCH3 is 1. The highest BCUT2D eigenvalue weighted by Gasteiger charge is 2.32. The van der Waals surface area contributed by atoms with Crippen LogP contribution in [0.25, 0.3) is 0 Å². The Labute approximate surface area is 127 Å². The second-order valence-corrected chi connectivity index (χ2v) is 5.96. The largest absolute Gasteiger partial charge is 0.497 e. The lowest BCUT2D eigenvalue weighted by molar-refractivity contribution is -0.132. The van der Waals surface area contributed by atoms with E-state index in [4.69, 9.17) is 4.74 Å².